The monoisotopic (exact) mass is 266 g/mol. The van der Waals surface area contributed by atoms with E-state index >= 15 is 0 Å². The number of likely N-dealkylation sites (tertiary alicyclic amines) is 1. The molecule has 3 rings (SSSR count). The summed E-state index contributed by atoms with van der Waals surface area (Å²) in [5, 5.41) is 0. The Morgan fingerprint density at radius 3 is 2.79 bits per heavy atom. The van der Waals surface area contributed by atoms with Gasteiger partial charge in [0, 0.05) is 18.7 Å². The summed E-state index contributed by atoms with van der Waals surface area (Å²) in [5.74, 6) is 0. The van der Waals surface area contributed by atoms with Crippen LogP contribution in [-0.2, 0) is 4.74 Å². The molecular weight excluding hydrogens is 236 g/mol. The van der Waals surface area contributed by atoms with Gasteiger partial charge in [-0.05, 0) is 64.5 Å². The van der Waals surface area contributed by atoms with Gasteiger partial charge in [-0.3, -0.25) is 4.90 Å². The first-order valence-electron chi connectivity index (χ1n) is 8.43. The third kappa shape index (κ3) is 2.98. The average molecular weight is 266 g/mol. The van der Waals surface area contributed by atoms with Crippen molar-refractivity contribution >= 4 is 0 Å². The molecule has 2 N–H and O–H groups in total. The fourth-order valence-corrected chi connectivity index (χ4v) is 4.65. The molecule has 0 radical (unpaired) electrons. The molecule has 0 amide bonds. The van der Waals surface area contributed by atoms with Crippen LogP contribution < -0.4 is 5.73 Å². The van der Waals surface area contributed by atoms with Crippen LogP contribution in [0.5, 0.6) is 0 Å². The molecule has 19 heavy (non-hydrogen) atoms. The Morgan fingerprint density at radius 1 is 1.16 bits per heavy atom. The zero-order valence-electron chi connectivity index (χ0n) is 12.3. The predicted octanol–water partition coefficient (Wildman–Crippen LogP) is 2.68. The Labute approximate surface area is 117 Å². The van der Waals surface area contributed by atoms with Crippen molar-refractivity contribution in [2.24, 2.45) is 5.73 Å². The third-order valence-electron chi connectivity index (χ3n) is 5.61. The molecule has 2 heterocycles. The van der Waals surface area contributed by atoms with Gasteiger partial charge in [0.05, 0.1) is 5.60 Å². The maximum atomic E-state index is 6.19. The molecule has 0 bridgehead atoms. The zero-order chi connectivity index (χ0) is 13.1. The molecule has 2 atom stereocenters. The molecule has 2 unspecified atom stereocenters. The average Bonchev–Trinajstić information content (AvgIpc) is 3.06. The molecule has 110 valence electrons. The van der Waals surface area contributed by atoms with Crippen molar-refractivity contribution < 1.29 is 4.74 Å². The SMILES string of the molecule is NCCCC1CCCN1C1CCOC2(CCCC2)C1. The Bertz CT molecular complexity index is 288. The minimum atomic E-state index is 0.268. The number of nitrogens with two attached hydrogens (primary N) is 1. The van der Waals surface area contributed by atoms with Gasteiger partial charge in [-0.15, -0.1) is 0 Å². The smallest absolute Gasteiger partial charge is 0.0697 e. The van der Waals surface area contributed by atoms with E-state index in [9.17, 15) is 0 Å². The lowest BCUT2D eigenvalue weighted by molar-refractivity contribution is -0.103. The summed E-state index contributed by atoms with van der Waals surface area (Å²) >= 11 is 0. The fraction of sp³-hybridized carbons (Fsp3) is 1.00. The summed E-state index contributed by atoms with van der Waals surface area (Å²) in [6.45, 7) is 3.16. The number of hydrogen-bond acceptors (Lipinski definition) is 3. The van der Waals surface area contributed by atoms with Gasteiger partial charge in [-0.25, -0.2) is 0 Å². The van der Waals surface area contributed by atoms with Crippen LogP contribution in [0, 0.1) is 0 Å². The number of nitrogens with zero attached hydrogens (tertiary/aromatic N) is 1. The van der Waals surface area contributed by atoms with Crippen molar-refractivity contribution in [1.82, 2.24) is 4.90 Å². The van der Waals surface area contributed by atoms with Crippen LogP contribution in [0.15, 0.2) is 0 Å². The van der Waals surface area contributed by atoms with Crippen LogP contribution in [0.4, 0.5) is 0 Å². The molecule has 3 nitrogen and oxygen atoms in total. The molecule has 0 aromatic rings. The summed E-state index contributed by atoms with van der Waals surface area (Å²) in [7, 11) is 0. The maximum absolute atomic E-state index is 6.19. The van der Waals surface area contributed by atoms with Crippen molar-refractivity contribution in [2.45, 2.75) is 81.9 Å². The number of hydrogen-bond donors (Lipinski definition) is 1. The third-order valence-corrected chi connectivity index (χ3v) is 5.61. The highest BCUT2D eigenvalue weighted by Crippen LogP contribution is 2.42. The predicted molar refractivity (Wildman–Crippen MR) is 78.2 cm³/mol. The van der Waals surface area contributed by atoms with Gasteiger partial charge in [-0.2, -0.15) is 0 Å². The van der Waals surface area contributed by atoms with Crippen LogP contribution in [0.25, 0.3) is 0 Å². The van der Waals surface area contributed by atoms with E-state index in [0.29, 0.717) is 0 Å². The van der Waals surface area contributed by atoms with Crippen LogP contribution >= 0.6 is 0 Å². The number of ether oxygens (including phenoxy) is 1. The van der Waals surface area contributed by atoms with Crippen LogP contribution in [0.3, 0.4) is 0 Å². The molecule has 1 aliphatic carbocycles. The van der Waals surface area contributed by atoms with Gasteiger partial charge in [0.2, 0.25) is 0 Å². The molecule has 1 spiro atoms. The number of rotatable bonds is 4. The van der Waals surface area contributed by atoms with Crippen molar-refractivity contribution in [3.63, 3.8) is 0 Å². The summed E-state index contributed by atoms with van der Waals surface area (Å²) < 4.78 is 6.19. The minimum absolute atomic E-state index is 0.268. The van der Waals surface area contributed by atoms with Crippen molar-refractivity contribution in [3.8, 4) is 0 Å². The van der Waals surface area contributed by atoms with E-state index in [2.05, 4.69) is 4.90 Å². The maximum Gasteiger partial charge on any atom is 0.0697 e. The quantitative estimate of drug-likeness (QED) is 0.850. The molecular formula is C16H30N2O. The van der Waals surface area contributed by atoms with Crippen LogP contribution in [0.2, 0.25) is 0 Å². The second-order valence-corrected chi connectivity index (χ2v) is 6.85. The van der Waals surface area contributed by atoms with Gasteiger partial charge >= 0.3 is 0 Å². The first-order valence-corrected chi connectivity index (χ1v) is 8.43. The van der Waals surface area contributed by atoms with Crippen molar-refractivity contribution in [3.05, 3.63) is 0 Å². The lowest BCUT2D eigenvalue weighted by atomic mass is 9.87. The molecule has 1 saturated carbocycles. The molecule has 2 saturated heterocycles. The Balaban J connectivity index is 1.60. The molecule has 0 aromatic heterocycles. The summed E-state index contributed by atoms with van der Waals surface area (Å²) in [6, 6.07) is 1.60. The molecule has 3 fully saturated rings. The van der Waals surface area contributed by atoms with Gasteiger partial charge in [0.15, 0.2) is 0 Å². The highest BCUT2D eigenvalue weighted by molar-refractivity contribution is 4.96. The Morgan fingerprint density at radius 2 is 2.00 bits per heavy atom. The summed E-state index contributed by atoms with van der Waals surface area (Å²) in [6.07, 6.45) is 13.2. The minimum Gasteiger partial charge on any atom is -0.375 e. The van der Waals surface area contributed by atoms with E-state index in [1.807, 2.05) is 0 Å². The molecule has 3 aliphatic rings. The van der Waals surface area contributed by atoms with Crippen molar-refractivity contribution in [1.29, 1.82) is 0 Å². The Hall–Kier alpha value is -0.120. The standard InChI is InChI=1S/C16H30N2O/c17-10-3-5-14-6-4-11-18(14)15-7-12-19-16(13-15)8-1-2-9-16/h14-15H,1-13,17H2. The highest BCUT2D eigenvalue weighted by Gasteiger charge is 2.43. The van der Waals surface area contributed by atoms with Gasteiger partial charge in [0.1, 0.15) is 0 Å². The van der Waals surface area contributed by atoms with E-state index in [4.69, 9.17) is 10.5 Å². The fourth-order valence-electron chi connectivity index (χ4n) is 4.65. The van der Waals surface area contributed by atoms with Gasteiger partial charge in [0.25, 0.3) is 0 Å². The second kappa shape index (κ2) is 6.11. The van der Waals surface area contributed by atoms with E-state index in [1.54, 1.807) is 0 Å². The van der Waals surface area contributed by atoms with Crippen molar-refractivity contribution in [2.75, 3.05) is 19.7 Å². The Kier molecular flexibility index (Phi) is 4.45. The second-order valence-electron chi connectivity index (χ2n) is 6.85. The van der Waals surface area contributed by atoms with Gasteiger partial charge in [-0.1, -0.05) is 12.8 Å². The van der Waals surface area contributed by atoms with Crippen LogP contribution in [0.1, 0.15) is 64.2 Å². The molecule has 0 aromatic carbocycles. The topological polar surface area (TPSA) is 38.5 Å². The lowest BCUT2D eigenvalue weighted by Crippen LogP contribution is -2.49. The van der Waals surface area contributed by atoms with E-state index in [-0.39, 0.29) is 5.60 Å². The zero-order valence-corrected chi connectivity index (χ0v) is 12.3. The highest BCUT2D eigenvalue weighted by atomic mass is 16.5. The first-order chi connectivity index (χ1) is 9.33. The molecule has 2 aliphatic heterocycles. The summed E-state index contributed by atoms with van der Waals surface area (Å²) in [5.41, 5.74) is 5.95. The van der Waals surface area contributed by atoms with E-state index in [1.165, 1.54) is 70.8 Å². The molecule has 3 heteroatoms. The van der Waals surface area contributed by atoms with Gasteiger partial charge < -0.3 is 10.5 Å². The van der Waals surface area contributed by atoms with E-state index < -0.39 is 0 Å². The normalized spacial score (nSPS) is 35.2. The largest absolute Gasteiger partial charge is 0.375 e. The van der Waals surface area contributed by atoms with Crippen LogP contribution in [-0.4, -0.2) is 42.3 Å². The first kappa shape index (κ1) is 13.8. The lowest BCUT2D eigenvalue weighted by Gasteiger charge is -2.43. The van der Waals surface area contributed by atoms with E-state index in [0.717, 1.165) is 25.2 Å². The summed E-state index contributed by atoms with van der Waals surface area (Å²) in [4.78, 5) is 2.82.